The van der Waals surface area contributed by atoms with Gasteiger partial charge in [0.2, 0.25) is 0 Å². The predicted octanol–water partition coefficient (Wildman–Crippen LogP) is 2.68. The molecule has 1 amide bonds. The van der Waals surface area contributed by atoms with Gasteiger partial charge in [-0.2, -0.15) is 10.2 Å². The van der Waals surface area contributed by atoms with Crippen LogP contribution >= 0.6 is 23.2 Å². The Labute approximate surface area is 137 Å². The van der Waals surface area contributed by atoms with E-state index in [0.29, 0.717) is 34.5 Å². The van der Waals surface area contributed by atoms with Crippen molar-refractivity contribution in [3.63, 3.8) is 0 Å². The lowest BCUT2D eigenvalue weighted by molar-refractivity contribution is 0.0967. The van der Waals surface area contributed by atoms with Gasteiger partial charge in [-0.15, -0.1) is 0 Å². The molecule has 1 aliphatic rings. The van der Waals surface area contributed by atoms with Crippen LogP contribution in [0.2, 0.25) is 10.0 Å². The number of hydrazone groups is 1. The van der Waals surface area contributed by atoms with Crippen LogP contribution in [-0.4, -0.2) is 28.1 Å². The molecule has 8 heteroatoms. The minimum atomic E-state index is -0.227. The van der Waals surface area contributed by atoms with E-state index in [1.165, 1.54) is 4.68 Å². The molecule has 1 N–H and O–H groups in total. The fourth-order valence-electron chi connectivity index (χ4n) is 2.17. The third kappa shape index (κ3) is 2.93. The first-order valence-electron chi connectivity index (χ1n) is 6.64. The summed E-state index contributed by atoms with van der Waals surface area (Å²) in [4.78, 5) is 12.1. The maximum atomic E-state index is 12.1. The SMILES string of the molecule is Cn1nccc1C(=O)NC1=NN(c2ccc(Cl)c(Cl)c2)CC1. The van der Waals surface area contributed by atoms with Crippen molar-refractivity contribution >= 4 is 40.6 Å². The Hall–Kier alpha value is -2.05. The molecule has 0 saturated carbocycles. The predicted molar refractivity (Wildman–Crippen MR) is 86.5 cm³/mol. The maximum Gasteiger partial charge on any atom is 0.274 e. The van der Waals surface area contributed by atoms with Crippen LogP contribution in [0, 0.1) is 0 Å². The smallest absolute Gasteiger partial charge is 0.274 e. The Kier molecular flexibility index (Phi) is 4.04. The summed E-state index contributed by atoms with van der Waals surface area (Å²) < 4.78 is 1.52. The number of amidine groups is 1. The molecule has 2 heterocycles. The molecule has 0 fully saturated rings. The van der Waals surface area contributed by atoms with Crippen LogP contribution < -0.4 is 10.3 Å². The molecule has 1 aliphatic heterocycles. The molecule has 6 nitrogen and oxygen atoms in total. The summed E-state index contributed by atoms with van der Waals surface area (Å²) in [6.07, 6.45) is 2.22. The van der Waals surface area contributed by atoms with Crippen LogP contribution in [0.1, 0.15) is 16.9 Å². The Bertz CT molecular complexity index is 755. The van der Waals surface area contributed by atoms with E-state index in [9.17, 15) is 4.79 Å². The Morgan fingerprint density at radius 3 is 2.77 bits per heavy atom. The van der Waals surface area contributed by atoms with Gasteiger partial charge >= 0.3 is 0 Å². The number of nitrogens with zero attached hydrogens (tertiary/aromatic N) is 4. The molecule has 3 rings (SSSR count). The van der Waals surface area contributed by atoms with Crippen LogP contribution in [-0.2, 0) is 7.05 Å². The van der Waals surface area contributed by atoms with E-state index in [4.69, 9.17) is 23.2 Å². The highest BCUT2D eigenvalue weighted by Gasteiger charge is 2.20. The van der Waals surface area contributed by atoms with Crippen molar-refractivity contribution in [2.75, 3.05) is 11.6 Å². The van der Waals surface area contributed by atoms with Crippen molar-refractivity contribution in [2.45, 2.75) is 6.42 Å². The monoisotopic (exact) mass is 337 g/mol. The molecular weight excluding hydrogens is 325 g/mol. The van der Waals surface area contributed by atoms with Gasteiger partial charge in [0, 0.05) is 26.2 Å². The molecule has 1 aromatic carbocycles. The van der Waals surface area contributed by atoms with E-state index in [1.54, 1.807) is 36.5 Å². The van der Waals surface area contributed by atoms with Crippen LogP contribution in [0.15, 0.2) is 35.6 Å². The summed E-state index contributed by atoms with van der Waals surface area (Å²) in [5.41, 5.74) is 1.31. The fraction of sp³-hybridized carbons (Fsp3) is 0.214. The second-order valence-electron chi connectivity index (χ2n) is 4.81. The highest BCUT2D eigenvalue weighted by molar-refractivity contribution is 6.42. The summed E-state index contributed by atoms with van der Waals surface area (Å²) in [5.74, 6) is 0.381. The quantitative estimate of drug-likeness (QED) is 0.916. The average molecular weight is 338 g/mol. The number of aryl methyl sites for hydroxylation is 1. The highest BCUT2D eigenvalue weighted by atomic mass is 35.5. The number of aromatic nitrogens is 2. The number of benzene rings is 1. The van der Waals surface area contributed by atoms with Gasteiger partial charge in [-0.05, 0) is 24.3 Å². The molecule has 114 valence electrons. The zero-order chi connectivity index (χ0) is 15.7. The molecule has 0 radical (unpaired) electrons. The topological polar surface area (TPSA) is 62.5 Å². The Balaban J connectivity index is 1.73. The second-order valence-corrected chi connectivity index (χ2v) is 5.63. The van der Waals surface area contributed by atoms with Crippen LogP contribution in [0.4, 0.5) is 5.69 Å². The number of halogens is 2. The molecule has 0 spiro atoms. The van der Waals surface area contributed by atoms with Gasteiger partial charge in [0.25, 0.3) is 5.91 Å². The summed E-state index contributed by atoms with van der Waals surface area (Å²) in [6, 6.07) is 6.96. The molecule has 0 atom stereocenters. The number of hydrogen-bond donors (Lipinski definition) is 1. The van der Waals surface area contributed by atoms with Crippen molar-refractivity contribution < 1.29 is 4.79 Å². The van der Waals surface area contributed by atoms with Crippen molar-refractivity contribution in [1.29, 1.82) is 0 Å². The van der Waals surface area contributed by atoms with Gasteiger partial charge in [0.1, 0.15) is 11.5 Å². The van der Waals surface area contributed by atoms with E-state index in [2.05, 4.69) is 15.5 Å². The third-order valence-corrected chi connectivity index (χ3v) is 4.05. The Morgan fingerprint density at radius 2 is 2.09 bits per heavy atom. The minimum absolute atomic E-state index is 0.227. The maximum absolute atomic E-state index is 12.1. The summed E-state index contributed by atoms with van der Waals surface area (Å²) >= 11 is 11.9. The molecule has 0 aliphatic carbocycles. The first-order chi connectivity index (χ1) is 10.5. The number of rotatable bonds is 2. The summed E-state index contributed by atoms with van der Waals surface area (Å²) in [7, 11) is 1.72. The van der Waals surface area contributed by atoms with Gasteiger partial charge in [-0.25, -0.2) is 0 Å². The zero-order valence-corrected chi connectivity index (χ0v) is 13.3. The summed E-state index contributed by atoms with van der Waals surface area (Å²) in [5, 5.41) is 13.9. The number of nitrogens with one attached hydrogen (secondary N) is 1. The van der Waals surface area contributed by atoms with Crippen molar-refractivity contribution in [1.82, 2.24) is 15.1 Å². The second kappa shape index (κ2) is 5.98. The van der Waals surface area contributed by atoms with E-state index >= 15 is 0 Å². The van der Waals surface area contributed by atoms with Crippen molar-refractivity contribution in [3.8, 4) is 0 Å². The van der Waals surface area contributed by atoms with E-state index in [-0.39, 0.29) is 5.91 Å². The lowest BCUT2D eigenvalue weighted by Crippen LogP contribution is -2.30. The lowest BCUT2D eigenvalue weighted by atomic mass is 10.3. The van der Waals surface area contributed by atoms with E-state index in [0.717, 1.165) is 5.69 Å². The lowest BCUT2D eigenvalue weighted by Gasteiger charge is -2.13. The first-order valence-corrected chi connectivity index (χ1v) is 7.39. The number of anilines is 1. The average Bonchev–Trinajstić information content (AvgIpc) is 3.11. The largest absolute Gasteiger partial charge is 0.307 e. The van der Waals surface area contributed by atoms with Crippen LogP contribution in [0.3, 0.4) is 0 Å². The number of hydrogen-bond acceptors (Lipinski definition) is 4. The molecule has 0 unspecified atom stereocenters. The van der Waals surface area contributed by atoms with Gasteiger partial charge in [0.05, 0.1) is 15.7 Å². The van der Waals surface area contributed by atoms with Crippen molar-refractivity contribution in [2.24, 2.45) is 12.1 Å². The standard InChI is InChI=1S/C14H13Cl2N5O/c1-20-12(4-6-17-20)14(22)18-13-5-7-21(19-13)9-2-3-10(15)11(16)8-9/h2-4,6,8H,5,7H2,1H3,(H,18,19,22). The highest BCUT2D eigenvalue weighted by Crippen LogP contribution is 2.28. The normalized spacial score (nSPS) is 14.1. The molecule has 1 aromatic heterocycles. The van der Waals surface area contributed by atoms with Crippen LogP contribution in [0.5, 0.6) is 0 Å². The molecule has 0 saturated heterocycles. The number of carbonyl (C=O) groups excluding carboxylic acids is 1. The van der Waals surface area contributed by atoms with Gasteiger partial charge < -0.3 is 5.32 Å². The first kappa shape index (κ1) is 14.9. The van der Waals surface area contributed by atoms with E-state index in [1.807, 2.05) is 6.07 Å². The Morgan fingerprint density at radius 1 is 1.27 bits per heavy atom. The fourth-order valence-corrected chi connectivity index (χ4v) is 2.46. The van der Waals surface area contributed by atoms with Crippen molar-refractivity contribution in [3.05, 3.63) is 46.2 Å². The zero-order valence-electron chi connectivity index (χ0n) is 11.8. The number of carbonyl (C=O) groups is 1. The van der Waals surface area contributed by atoms with Crippen LogP contribution in [0.25, 0.3) is 0 Å². The van der Waals surface area contributed by atoms with E-state index < -0.39 is 0 Å². The third-order valence-electron chi connectivity index (χ3n) is 3.31. The molecule has 2 aromatic rings. The van der Waals surface area contributed by atoms with Gasteiger partial charge in [-0.3, -0.25) is 14.5 Å². The molecular formula is C14H13Cl2N5O. The number of amides is 1. The summed E-state index contributed by atoms with van der Waals surface area (Å²) in [6.45, 7) is 0.666. The van der Waals surface area contributed by atoms with Gasteiger partial charge in [0.15, 0.2) is 0 Å². The molecule has 22 heavy (non-hydrogen) atoms. The minimum Gasteiger partial charge on any atom is -0.307 e. The van der Waals surface area contributed by atoms with Gasteiger partial charge in [-0.1, -0.05) is 23.2 Å². The molecule has 0 bridgehead atoms.